The third-order valence-corrected chi connectivity index (χ3v) is 25.5. The van der Waals surface area contributed by atoms with Gasteiger partial charge in [0.2, 0.25) is 0 Å². The molecule has 762 valence electrons. The number of unbranched alkanes of at least 4 members (excludes halogenated alkanes) is 2. The van der Waals surface area contributed by atoms with Crippen molar-refractivity contribution in [3.05, 3.63) is 369 Å². The molecule has 0 amide bonds. The lowest BCUT2D eigenvalue weighted by atomic mass is 9.90. The molecule has 17 nitrogen and oxygen atoms in total. The van der Waals surface area contributed by atoms with Crippen molar-refractivity contribution in [1.82, 2.24) is 24.9 Å². The third kappa shape index (κ3) is 33.6. The summed E-state index contributed by atoms with van der Waals surface area (Å²) < 4.78 is 0. The van der Waals surface area contributed by atoms with Crippen LogP contribution in [0.2, 0.25) is 5.02 Å². The Hall–Kier alpha value is -13.9. The van der Waals surface area contributed by atoms with Crippen LogP contribution >= 0.6 is 11.6 Å². The number of hydrogen-bond donors (Lipinski definition) is 0. The number of benzene rings is 8. The zero-order valence-electron chi connectivity index (χ0n) is 93.9. The summed E-state index contributed by atoms with van der Waals surface area (Å²) >= 11 is 6.48. The lowest BCUT2D eigenvalue weighted by Crippen LogP contribution is -2.09. The second-order valence-corrected chi connectivity index (χ2v) is 40.5. The van der Waals surface area contributed by atoms with Gasteiger partial charge in [-0.2, -0.15) is 0 Å². The van der Waals surface area contributed by atoms with Gasteiger partial charge in [-0.25, -0.2) is 24.9 Å². The highest BCUT2D eigenvalue weighted by atomic mass is 35.5. The maximum Gasteiger partial charge on any atom is 0.0849 e. The first-order valence-corrected chi connectivity index (χ1v) is 51.8. The first-order chi connectivity index (χ1) is 69.3. The quantitative estimate of drug-likeness (QED) is 0.0315. The molecule has 8 aromatic carbocycles. The maximum absolute atomic E-state index is 6.48. The van der Waals surface area contributed by atoms with Gasteiger partial charge in [-0.3, -0.25) is 49.9 Å². The van der Waals surface area contributed by atoms with E-state index in [1.165, 1.54) is 74.3 Å². The fourth-order valence-electron chi connectivity index (χ4n) is 16.9. The van der Waals surface area contributed by atoms with E-state index in [9.17, 15) is 0 Å². The van der Waals surface area contributed by atoms with Gasteiger partial charge in [-0.1, -0.05) is 213 Å². The van der Waals surface area contributed by atoms with Gasteiger partial charge in [0.05, 0.1) is 161 Å². The second kappa shape index (κ2) is 55.4. The Kier molecular flexibility index (Phi) is 43.9. The van der Waals surface area contributed by atoms with Crippen molar-refractivity contribution >= 4 is 127 Å². The van der Waals surface area contributed by atoms with Gasteiger partial charge >= 0.3 is 0 Å². The van der Waals surface area contributed by atoms with Crippen LogP contribution in [0.4, 0.5) is 56.9 Å². The average molecular weight is 1970 g/mol. The van der Waals surface area contributed by atoms with Crippen molar-refractivity contribution in [1.29, 1.82) is 0 Å². The van der Waals surface area contributed by atoms with E-state index in [0.717, 1.165) is 224 Å². The van der Waals surface area contributed by atoms with Gasteiger partial charge in [0, 0.05) is 57.7 Å². The number of aliphatic imine (C=N–C) groups is 10. The van der Waals surface area contributed by atoms with Crippen molar-refractivity contribution in [2.24, 2.45) is 49.9 Å². The summed E-state index contributed by atoms with van der Waals surface area (Å²) in [5, 5.41) is 0.763. The zero-order chi connectivity index (χ0) is 107. The number of pyridine rings is 5. The topological polar surface area (TPSA) is 195 Å². The Morgan fingerprint density at radius 1 is 0.274 bits per heavy atom. The number of hydrogen-bond acceptors (Lipinski definition) is 17. The lowest BCUT2D eigenvalue weighted by Gasteiger charge is -2.19. The first-order valence-electron chi connectivity index (χ1n) is 51.5. The summed E-state index contributed by atoms with van der Waals surface area (Å²) in [6.45, 7) is 67.3. The number of aryl methyl sites for hydroxylation is 13. The van der Waals surface area contributed by atoms with Crippen LogP contribution in [0.5, 0.6) is 0 Å². The van der Waals surface area contributed by atoms with E-state index in [1.54, 1.807) is 0 Å². The summed E-state index contributed by atoms with van der Waals surface area (Å²) in [6, 6.07) is 72.3. The van der Waals surface area contributed by atoms with Crippen LogP contribution < -0.4 is 9.80 Å². The Bertz CT molecular complexity index is 6490. The molecule has 0 aliphatic heterocycles. The van der Waals surface area contributed by atoms with Gasteiger partial charge in [0.1, 0.15) is 0 Å². The van der Waals surface area contributed by atoms with Crippen LogP contribution in [0.1, 0.15) is 326 Å². The molecule has 0 saturated heterocycles. The molecule has 0 unspecified atom stereocenters. The molecule has 5 aromatic heterocycles. The maximum atomic E-state index is 6.48. The summed E-state index contributed by atoms with van der Waals surface area (Å²) in [6.07, 6.45) is 8.26. The predicted molar refractivity (Wildman–Crippen MR) is 634 cm³/mol. The molecule has 18 heteroatoms. The number of anilines is 2. The molecule has 0 bridgehead atoms. The molecule has 0 N–H and O–H groups in total. The van der Waals surface area contributed by atoms with Crippen LogP contribution in [-0.4, -0.2) is 124 Å². The lowest BCUT2D eigenvalue weighted by molar-refractivity contribution is 0.806. The van der Waals surface area contributed by atoms with E-state index in [-0.39, 0.29) is 0 Å². The standard InChI is InChI=1S/C34H44ClN3.C29H37N5.C25H27N3.C23H23N3.C17H27N3/c1-19(2)27-15-23(9)16-28(20(3)4)33(27)36-24(10)31-13-12-14-32(38-31)25(11)37-34-29(21(5)6)17-26(35)18-30(34)22(7)8;1-18-14-24(33(7)8)15-19(2)28(18)30-22(5)26-12-11-13-27(32-26)23(6)31-29-20(3)16-25(34(9)10)17-21(29)4;1-16-10-18(3)24(19(4)11-16)26-14-22-8-7-9-23(28-22)15-27-25-20(5)12-17(2)13-21(25)6;1-16-10-5-7-12-20(16)24-18(3)22-14-9-15-23(26-22)19(4)25-21-13-8-6-11-17(21)2;1-5-7-12-18-14(3)16-10-9-11-17(20-16)15(4)19-13-8-6-2/h12-22H,1-11H3;11-17H,1-10H3;7-15H,1-6H3;5-15H,1-4H3;9-11H,5-8,12-13H2,1-4H3. The predicted octanol–water partition coefficient (Wildman–Crippen LogP) is 34.3. The summed E-state index contributed by atoms with van der Waals surface area (Å²) in [5.41, 5.74) is 46.9. The average Bonchev–Trinajstić information content (AvgIpc) is 0.800. The van der Waals surface area contributed by atoms with Gasteiger partial charge in [0.25, 0.3) is 0 Å². The van der Waals surface area contributed by atoms with E-state index in [4.69, 9.17) is 56.5 Å². The van der Waals surface area contributed by atoms with Crippen molar-refractivity contribution < 1.29 is 0 Å². The third-order valence-electron chi connectivity index (χ3n) is 25.2. The van der Waals surface area contributed by atoms with Crippen LogP contribution in [0.15, 0.2) is 262 Å². The summed E-state index contributed by atoms with van der Waals surface area (Å²) in [4.78, 5) is 76.5. The van der Waals surface area contributed by atoms with Gasteiger partial charge < -0.3 is 9.80 Å². The fourth-order valence-corrected chi connectivity index (χ4v) is 17.2. The molecule has 0 saturated carbocycles. The molecule has 0 atom stereocenters. The SMILES string of the molecule is CC(=Nc1c(C(C)C)cc(C)cc1C(C)C)c1cccc(C(C)=Nc2c(C(C)C)cc(Cl)cc2C(C)C)n1.CC(=Nc1c(C)cc(N(C)C)cc1C)c1cccc(C(C)=Nc2c(C)cc(N(C)C)cc2C)n1.CC(=Nc1ccccc1C)c1cccc(C(C)=Nc2ccccc2C)n1.CCCCN=C(C)c1cccc(C(C)=NCCCC)n1.Cc1cc(C)c(N=Cc2cccc(C=Nc3c(C)cc(C)cc3C)n2)c(C)c1. The van der Waals surface area contributed by atoms with Gasteiger partial charge in [0.15, 0.2) is 0 Å². The number of rotatable bonds is 30. The van der Waals surface area contributed by atoms with E-state index in [1.807, 2.05) is 200 Å². The Labute approximate surface area is 879 Å². The minimum absolute atomic E-state index is 0.311. The van der Waals surface area contributed by atoms with Crippen LogP contribution in [0.25, 0.3) is 0 Å². The molecule has 0 fully saturated rings. The number of nitrogens with zero attached hydrogens (tertiary/aromatic N) is 17. The Balaban J connectivity index is 0.000000206. The van der Waals surface area contributed by atoms with Crippen molar-refractivity contribution in [2.75, 3.05) is 51.1 Å². The van der Waals surface area contributed by atoms with Crippen molar-refractivity contribution in [2.45, 2.75) is 264 Å². The normalized spacial score (nSPS) is 12.4. The fraction of sp³-hybridized carbons (Fsp3) is 0.352. The van der Waals surface area contributed by atoms with Crippen LogP contribution in [0, 0.1) is 90.0 Å². The van der Waals surface area contributed by atoms with Gasteiger partial charge in [-0.15, -0.1) is 0 Å². The molecule has 0 aliphatic carbocycles. The minimum atomic E-state index is 0.311. The molecular formula is C128H158ClN17. The molecule has 0 aliphatic rings. The molecule has 0 spiro atoms. The minimum Gasteiger partial charge on any atom is -0.378 e. The highest BCUT2D eigenvalue weighted by molar-refractivity contribution is 6.31. The largest absolute Gasteiger partial charge is 0.378 e. The van der Waals surface area contributed by atoms with Crippen molar-refractivity contribution in [3.63, 3.8) is 0 Å². The van der Waals surface area contributed by atoms with E-state index in [2.05, 4.69) is 307 Å². The number of halogens is 1. The van der Waals surface area contributed by atoms with Crippen molar-refractivity contribution in [3.8, 4) is 0 Å². The molecule has 13 aromatic rings. The molecule has 13 rings (SSSR count). The van der Waals surface area contributed by atoms with Crippen LogP contribution in [-0.2, 0) is 0 Å². The summed E-state index contributed by atoms with van der Waals surface area (Å²) in [5.74, 6) is 1.40. The Morgan fingerprint density at radius 3 is 0.795 bits per heavy atom. The summed E-state index contributed by atoms with van der Waals surface area (Å²) in [7, 11) is 8.23. The Morgan fingerprint density at radius 2 is 0.521 bits per heavy atom. The van der Waals surface area contributed by atoms with E-state index < -0.39 is 0 Å². The smallest absolute Gasteiger partial charge is 0.0849 e. The highest BCUT2D eigenvalue weighted by Gasteiger charge is 2.21. The zero-order valence-corrected chi connectivity index (χ0v) is 94.7. The molecule has 5 heterocycles. The first kappa shape index (κ1) is 116. The van der Waals surface area contributed by atoms with Gasteiger partial charge in [-0.05, 0) is 369 Å². The number of aromatic nitrogens is 5. The molecular weight excluding hydrogens is 1810 g/mol. The number of para-hydroxylation sites is 2. The monoisotopic (exact) mass is 1970 g/mol. The molecule has 0 radical (unpaired) electrons. The highest BCUT2D eigenvalue weighted by Crippen LogP contribution is 2.41. The van der Waals surface area contributed by atoms with Crippen LogP contribution in [0.3, 0.4) is 0 Å². The molecule has 146 heavy (non-hydrogen) atoms. The second-order valence-electron chi connectivity index (χ2n) is 40.0. The van der Waals surface area contributed by atoms with E-state index in [0.29, 0.717) is 23.7 Å². The van der Waals surface area contributed by atoms with E-state index >= 15 is 0 Å².